The van der Waals surface area contributed by atoms with Gasteiger partial charge in [0.15, 0.2) is 0 Å². The Kier molecular flexibility index (Phi) is 6.40. The number of fused-ring (bicyclic) bond motifs is 8. The highest BCUT2D eigenvalue weighted by Crippen LogP contribution is 2.52. The van der Waals surface area contributed by atoms with Crippen molar-refractivity contribution in [3.63, 3.8) is 0 Å². The van der Waals surface area contributed by atoms with E-state index in [4.69, 9.17) is 0 Å². The van der Waals surface area contributed by atoms with E-state index in [1.165, 1.54) is 109 Å². The lowest BCUT2D eigenvalue weighted by atomic mass is 9.81. The highest BCUT2D eigenvalue weighted by atomic mass is 14.4. The molecule has 0 bridgehead atoms. The summed E-state index contributed by atoms with van der Waals surface area (Å²) in [7, 11) is 0. The molecule has 0 heterocycles. The maximum atomic E-state index is 2.47. The van der Waals surface area contributed by atoms with Crippen LogP contribution in [0.5, 0.6) is 0 Å². The molecule has 10 aromatic rings. The average Bonchev–Trinajstić information content (AvgIpc) is 3.43. The molecule has 0 nitrogen and oxygen atoms in total. The smallest absolute Gasteiger partial charge is 0.0159 e. The van der Waals surface area contributed by atoms with Crippen LogP contribution in [0.3, 0.4) is 0 Å². The summed E-state index contributed by atoms with van der Waals surface area (Å²) in [6.07, 6.45) is 0. The third-order valence-corrected chi connectivity index (χ3v) is 12.0. The Hall–Kier alpha value is -6.50. The maximum absolute atomic E-state index is 2.47. The van der Waals surface area contributed by atoms with Crippen LogP contribution >= 0.6 is 0 Å². The lowest BCUT2D eigenvalue weighted by Crippen LogP contribution is -2.14. The highest BCUT2D eigenvalue weighted by Gasteiger charge is 2.36. The van der Waals surface area contributed by atoms with Gasteiger partial charge >= 0.3 is 0 Å². The Morgan fingerprint density at radius 1 is 0.283 bits per heavy atom. The molecule has 0 amide bonds. The van der Waals surface area contributed by atoms with Crippen molar-refractivity contribution in [2.24, 2.45) is 0 Å². The molecule has 248 valence electrons. The third kappa shape index (κ3) is 4.42. The van der Waals surface area contributed by atoms with Crippen LogP contribution in [-0.4, -0.2) is 0 Å². The molecule has 0 radical (unpaired) electrons. The fraction of sp³-hybridized carbons (Fsp3) is 0.0566. The molecule has 0 atom stereocenters. The Morgan fingerprint density at radius 3 is 1.38 bits per heavy atom. The molecule has 0 N–H and O–H groups in total. The highest BCUT2D eigenvalue weighted by molar-refractivity contribution is 6.25. The lowest BCUT2D eigenvalue weighted by Gasteiger charge is -2.22. The number of rotatable bonds is 3. The van der Waals surface area contributed by atoms with E-state index in [1.807, 2.05) is 0 Å². The molecule has 1 aliphatic carbocycles. The van der Waals surface area contributed by atoms with E-state index < -0.39 is 0 Å². The van der Waals surface area contributed by atoms with Gasteiger partial charge in [-0.05, 0) is 134 Å². The monoisotopic (exact) mass is 672 g/mol. The van der Waals surface area contributed by atoms with Crippen LogP contribution in [0.25, 0.3) is 98.4 Å². The first-order valence-corrected chi connectivity index (χ1v) is 18.7. The van der Waals surface area contributed by atoms with Crippen LogP contribution in [0.15, 0.2) is 182 Å². The summed E-state index contributed by atoms with van der Waals surface area (Å²) in [6, 6.07) is 68.1. The van der Waals surface area contributed by atoms with E-state index in [9.17, 15) is 0 Å². The Labute approximate surface area is 309 Å². The molecule has 0 aromatic heterocycles. The van der Waals surface area contributed by atoms with Crippen molar-refractivity contribution < 1.29 is 0 Å². The molecule has 0 aliphatic heterocycles. The number of hydrogen-bond acceptors (Lipinski definition) is 0. The SMILES string of the molecule is CC1(C)c2ccc(-c3ccc4c(-c5cccc6ccccc56)c5ccccc5c(-c5cccc6ccccc56)c4c3)cc2-c2cc3ccccc3cc21. The molecule has 0 saturated heterocycles. The largest absolute Gasteiger partial charge is 0.0616 e. The zero-order chi connectivity index (χ0) is 35.3. The van der Waals surface area contributed by atoms with Crippen LogP contribution in [0.2, 0.25) is 0 Å². The second kappa shape index (κ2) is 11.2. The van der Waals surface area contributed by atoms with Crippen molar-refractivity contribution in [2.75, 3.05) is 0 Å². The Balaban J connectivity index is 1.23. The van der Waals surface area contributed by atoms with E-state index in [-0.39, 0.29) is 5.41 Å². The molecule has 53 heavy (non-hydrogen) atoms. The number of hydrogen-bond donors (Lipinski definition) is 0. The van der Waals surface area contributed by atoms with Crippen molar-refractivity contribution in [1.82, 2.24) is 0 Å². The zero-order valence-electron chi connectivity index (χ0n) is 29.8. The molecule has 0 saturated carbocycles. The van der Waals surface area contributed by atoms with E-state index in [0.29, 0.717) is 0 Å². The fourth-order valence-electron chi connectivity index (χ4n) is 9.44. The minimum Gasteiger partial charge on any atom is -0.0616 e. The van der Waals surface area contributed by atoms with Gasteiger partial charge in [-0.15, -0.1) is 0 Å². The van der Waals surface area contributed by atoms with Gasteiger partial charge < -0.3 is 0 Å². The summed E-state index contributed by atoms with van der Waals surface area (Å²) in [5.74, 6) is 0. The molecule has 10 aromatic carbocycles. The van der Waals surface area contributed by atoms with Crippen molar-refractivity contribution in [1.29, 1.82) is 0 Å². The minimum atomic E-state index is -0.0651. The summed E-state index contributed by atoms with van der Waals surface area (Å²) in [5, 5.41) is 12.7. The molecule has 11 rings (SSSR count). The second-order valence-electron chi connectivity index (χ2n) is 15.2. The van der Waals surface area contributed by atoms with E-state index in [0.717, 1.165) is 0 Å². The van der Waals surface area contributed by atoms with Gasteiger partial charge in [-0.2, -0.15) is 0 Å². The first-order chi connectivity index (χ1) is 26.0. The molecule has 1 aliphatic rings. The van der Waals surface area contributed by atoms with E-state index in [1.54, 1.807) is 0 Å². The van der Waals surface area contributed by atoms with Crippen LogP contribution < -0.4 is 0 Å². The van der Waals surface area contributed by atoms with Crippen LogP contribution in [-0.2, 0) is 5.41 Å². The predicted octanol–water partition coefficient (Wildman–Crippen LogP) is 14.8. The van der Waals surface area contributed by atoms with Crippen LogP contribution in [0.4, 0.5) is 0 Å². The van der Waals surface area contributed by atoms with Gasteiger partial charge in [-0.1, -0.05) is 172 Å². The van der Waals surface area contributed by atoms with Gasteiger partial charge in [-0.25, -0.2) is 0 Å². The van der Waals surface area contributed by atoms with E-state index in [2.05, 4.69) is 196 Å². The third-order valence-electron chi connectivity index (χ3n) is 12.0. The summed E-state index contributed by atoms with van der Waals surface area (Å²) < 4.78 is 0. The zero-order valence-corrected chi connectivity index (χ0v) is 29.8. The van der Waals surface area contributed by atoms with Crippen molar-refractivity contribution >= 4 is 53.9 Å². The van der Waals surface area contributed by atoms with Gasteiger partial charge in [0.2, 0.25) is 0 Å². The molecular formula is C53H36. The maximum Gasteiger partial charge on any atom is 0.0159 e. The molecule has 0 spiro atoms. The topological polar surface area (TPSA) is 0 Å². The summed E-state index contributed by atoms with van der Waals surface area (Å²) in [6.45, 7) is 4.75. The number of benzene rings is 10. The predicted molar refractivity (Wildman–Crippen MR) is 228 cm³/mol. The van der Waals surface area contributed by atoms with Crippen LogP contribution in [0, 0.1) is 0 Å². The first kappa shape index (κ1) is 30.2. The van der Waals surface area contributed by atoms with Gasteiger partial charge in [0, 0.05) is 5.41 Å². The van der Waals surface area contributed by atoms with Crippen molar-refractivity contribution in [3.8, 4) is 44.5 Å². The van der Waals surface area contributed by atoms with Gasteiger partial charge in [0.25, 0.3) is 0 Å². The molecule has 0 fully saturated rings. The van der Waals surface area contributed by atoms with E-state index >= 15 is 0 Å². The first-order valence-electron chi connectivity index (χ1n) is 18.7. The molecular weight excluding hydrogens is 637 g/mol. The standard InChI is InChI=1S/C53H36/c1-53(2)49-28-26-38(30-46(49)47-29-35-15-3-4-16-36(35)32-50(47)53)37-25-27-45-48(31-37)52(42-24-12-18-34-14-6-8-20-40(34)42)44-22-10-9-21-43(44)51(45)41-23-11-17-33-13-5-7-19-39(33)41/h3-32H,1-2H3. The average molecular weight is 673 g/mol. The Morgan fingerprint density at radius 2 is 0.736 bits per heavy atom. The molecule has 0 unspecified atom stereocenters. The Bertz CT molecular complexity index is 3130. The summed E-state index contributed by atoms with van der Waals surface area (Å²) in [4.78, 5) is 0. The van der Waals surface area contributed by atoms with Crippen LogP contribution in [0.1, 0.15) is 25.0 Å². The summed E-state index contributed by atoms with van der Waals surface area (Å²) >= 11 is 0. The molecule has 0 heteroatoms. The quantitative estimate of drug-likeness (QED) is 0.164. The van der Waals surface area contributed by atoms with Crippen molar-refractivity contribution in [3.05, 3.63) is 193 Å². The minimum absolute atomic E-state index is 0.0651. The second-order valence-corrected chi connectivity index (χ2v) is 15.2. The van der Waals surface area contributed by atoms with Gasteiger partial charge in [0.1, 0.15) is 0 Å². The normalized spacial score (nSPS) is 13.2. The van der Waals surface area contributed by atoms with Gasteiger partial charge in [-0.3, -0.25) is 0 Å². The summed E-state index contributed by atoms with van der Waals surface area (Å²) in [5.41, 5.74) is 13.0. The lowest BCUT2D eigenvalue weighted by molar-refractivity contribution is 0.661. The van der Waals surface area contributed by atoms with Gasteiger partial charge in [0.05, 0.1) is 0 Å². The van der Waals surface area contributed by atoms with Crippen molar-refractivity contribution in [2.45, 2.75) is 19.3 Å². The fourth-order valence-corrected chi connectivity index (χ4v) is 9.44.